The van der Waals surface area contributed by atoms with Gasteiger partial charge in [-0.1, -0.05) is 0 Å². The maximum Gasteiger partial charge on any atom is 0.200 e. The van der Waals surface area contributed by atoms with E-state index in [2.05, 4.69) is 0 Å². The van der Waals surface area contributed by atoms with Crippen LogP contribution >= 0.6 is 0 Å². The molecule has 0 fully saturated rings. The Kier molecular flexibility index (Phi) is 3.99. The highest BCUT2D eigenvalue weighted by Gasteiger charge is 2.28. The molecule has 0 aliphatic heterocycles. The first kappa shape index (κ1) is 16.9. The fourth-order valence-corrected chi connectivity index (χ4v) is 2.35. The molecular weight excluding hydrogens is 320 g/mol. The van der Waals surface area contributed by atoms with Crippen molar-refractivity contribution in [2.45, 2.75) is 13.8 Å². The monoisotopic (exact) mass is 334 g/mol. The van der Waals surface area contributed by atoms with Crippen LogP contribution in [-0.4, -0.2) is 42.2 Å². The van der Waals surface area contributed by atoms with Crippen molar-refractivity contribution in [1.82, 2.24) is 0 Å². The van der Waals surface area contributed by atoms with Crippen LogP contribution in [0.3, 0.4) is 0 Å². The predicted molar refractivity (Wildman–Crippen MR) is 81.9 cm³/mol. The van der Waals surface area contributed by atoms with Gasteiger partial charge in [-0.3, -0.25) is 9.59 Å². The van der Waals surface area contributed by atoms with E-state index in [9.17, 15) is 40.2 Å². The lowest BCUT2D eigenvalue weighted by Crippen LogP contribution is -2.03. The Morgan fingerprint density at radius 2 is 0.917 bits per heavy atom. The van der Waals surface area contributed by atoms with Crippen LogP contribution < -0.4 is 0 Å². The number of carbonyl (C=O) groups excluding carboxylic acids is 2. The molecule has 0 spiro atoms. The first-order valence-electron chi connectivity index (χ1n) is 6.65. The number of aromatic hydroxyl groups is 6. The van der Waals surface area contributed by atoms with Crippen LogP contribution in [0.4, 0.5) is 0 Å². The molecule has 8 nitrogen and oxygen atoms in total. The molecule has 8 heteroatoms. The van der Waals surface area contributed by atoms with E-state index in [0.717, 1.165) is 26.0 Å². The second kappa shape index (κ2) is 5.65. The van der Waals surface area contributed by atoms with E-state index in [0.29, 0.717) is 0 Å². The zero-order chi connectivity index (χ0) is 18.3. The minimum atomic E-state index is -0.975. The average molecular weight is 334 g/mol. The number of rotatable bonds is 3. The number of hydrogen-bond donors (Lipinski definition) is 6. The number of benzene rings is 2. The predicted octanol–water partition coefficient (Wildman–Crippen LogP) is 1.99. The fraction of sp³-hybridized carbons (Fsp3) is 0.125. The minimum absolute atomic E-state index is 0.314. The Hall–Kier alpha value is -3.42. The standard InChI is InChI=1S/C16H14O8/c1-5(17)7-3-9(19)13(21)15(23)11(7)12-8(6(2)18)4-10(20)14(22)16(12)24/h3-4,19-24H,1-2H3. The molecule has 0 unspecified atom stereocenters. The van der Waals surface area contributed by atoms with Gasteiger partial charge in [-0.2, -0.15) is 0 Å². The maximum atomic E-state index is 11.8. The second-order valence-electron chi connectivity index (χ2n) is 5.14. The highest BCUT2D eigenvalue weighted by Crippen LogP contribution is 2.52. The van der Waals surface area contributed by atoms with Gasteiger partial charge >= 0.3 is 0 Å². The molecule has 2 aromatic carbocycles. The maximum absolute atomic E-state index is 11.8. The molecule has 24 heavy (non-hydrogen) atoms. The molecule has 126 valence electrons. The molecular formula is C16H14O8. The first-order chi connectivity index (χ1) is 11.1. The van der Waals surface area contributed by atoms with Crippen LogP contribution in [0, 0.1) is 0 Å². The number of ketones is 2. The van der Waals surface area contributed by atoms with Crippen LogP contribution in [0.1, 0.15) is 34.6 Å². The van der Waals surface area contributed by atoms with Crippen molar-refractivity contribution in [3.05, 3.63) is 23.3 Å². The summed E-state index contributed by atoms with van der Waals surface area (Å²) in [5, 5.41) is 58.8. The lowest BCUT2D eigenvalue weighted by Gasteiger charge is -2.17. The number of phenols is 6. The lowest BCUT2D eigenvalue weighted by atomic mass is 9.89. The van der Waals surface area contributed by atoms with Crippen LogP contribution in [0.5, 0.6) is 34.5 Å². The third-order valence-corrected chi connectivity index (χ3v) is 3.52. The Morgan fingerprint density at radius 1 is 0.625 bits per heavy atom. The Labute approximate surface area is 135 Å². The number of hydrogen-bond acceptors (Lipinski definition) is 8. The van der Waals surface area contributed by atoms with E-state index in [-0.39, 0.29) is 11.1 Å². The molecule has 0 radical (unpaired) electrons. The molecule has 0 amide bonds. The Balaban J connectivity index is 3.07. The van der Waals surface area contributed by atoms with Crippen LogP contribution in [0.2, 0.25) is 0 Å². The van der Waals surface area contributed by atoms with Gasteiger partial charge in [0.15, 0.2) is 34.6 Å². The molecule has 6 N–H and O–H groups in total. The Bertz CT molecular complexity index is 809. The smallest absolute Gasteiger partial charge is 0.200 e. The van der Waals surface area contributed by atoms with Gasteiger partial charge in [0, 0.05) is 22.3 Å². The van der Waals surface area contributed by atoms with E-state index in [1.807, 2.05) is 0 Å². The fourth-order valence-electron chi connectivity index (χ4n) is 2.35. The van der Waals surface area contributed by atoms with Crippen LogP contribution in [0.25, 0.3) is 11.1 Å². The first-order valence-corrected chi connectivity index (χ1v) is 6.65. The van der Waals surface area contributed by atoms with E-state index in [1.54, 1.807) is 0 Å². The van der Waals surface area contributed by atoms with E-state index < -0.39 is 57.2 Å². The van der Waals surface area contributed by atoms with Gasteiger partial charge in [-0.05, 0) is 26.0 Å². The average Bonchev–Trinajstić information content (AvgIpc) is 2.50. The summed E-state index contributed by atoms with van der Waals surface area (Å²) in [7, 11) is 0. The van der Waals surface area contributed by atoms with Crippen LogP contribution in [-0.2, 0) is 0 Å². The van der Waals surface area contributed by atoms with Crippen molar-refractivity contribution in [3.63, 3.8) is 0 Å². The molecule has 0 saturated heterocycles. The SMILES string of the molecule is CC(=O)c1cc(O)c(O)c(O)c1-c1c(C(C)=O)cc(O)c(O)c1O. The summed E-state index contributed by atoms with van der Waals surface area (Å²) < 4.78 is 0. The normalized spacial score (nSPS) is 10.6. The second-order valence-corrected chi connectivity index (χ2v) is 5.14. The van der Waals surface area contributed by atoms with Gasteiger partial charge in [-0.25, -0.2) is 0 Å². The third-order valence-electron chi connectivity index (χ3n) is 3.52. The molecule has 0 aromatic heterocycles. The molecule has 0 saturated carbocycles. The van der Waals surface area contributed by atoms with Crippen molar-refractivity contribution < 1.29 is 40.2 Å². The molecule has 0 aliphatic carbocycles. The summed E-state index contributed by atoms with van der Waals surface area (Å²) in [5.74, 6) is -6.77. The topological polar surface area (TPSA) is 156 Å². The summed E-state index contributed by atoms with van der Waals surface area (Å²) in [6.45, 7) is 2.19. The van der Waals surface area contributed by atoms with Crippen molar-refractivity contribution in [1.29, 1.82) is 0 Å². The summed E-state index contributed by atoms with van der Waals surface area (Å²) in [6, 6.07) is 1.69. The summed E-state index contributed by atoms with van der Waals surface area (Å²) >= 11 is 0. The lowest BCUT2D eigenvalue weighted by molar-refractivity contribution is 0.100. The molecule has 0 aliphatic rings. The zero-order valence-corrected chi connectivity index (χ0v) is 12.7. The summed E-state index contributed by atoms with van der Waals surface area (Å²) in [5.41, 5.74) is -1.55. The summed E-state index contributed by atoms with van der Waals surface area (Å²) in [6.07, 6.45) is 0. The van der Waals surface area contributed by atoms with Gasteiger partial charge in [0.1, 0.15) is 0 Å². The molecule has 0 atom stereocenters. The largest absolute Gasteiger partial charge is 0.504 e. The highest BCUT2D eigenvalue weighted by molar-refractivity contribution is 6.10. The molecule has 0 bridgehead atoms. The van der Waals surface area contributed by atoms with Crippen molar-refractivity contribution >= 4 is 11.6 Å². The van der Waals surface area contributed by atoms with Gasteiger partial charge < -0.3 is 30.6 Å². The number of Topliss-reactive ketones (excluding diaryl/α,β-unsaturated/α-hetero) is 2. The third kappa shape index (κ3) is 2.43. The molecule has 0 heterocycles. The quantitative estimate of drug-likeness (QED) is 0.367. The highest BCUT2D eigenvalue weighted by atomic mass is 16.3. The minimum Gasteiger partial charge on any atom is -0.504 e. The van der Waals surface area contributed by atoms with Gasteiger partial charge in [0.25, 0.3) is 0 Å². The Morgan fingerprint density at radius 3 is 1.17 bits per heavy atom. The zero-order valence-electron chi connectivity index (χ0n) is 12.7. The van der Waals surface area contributed by atoms with Crippen molar-refractivity contribution in [2.75, 3.05) is 0 Å². The van der Waals surface area contributed by atoms with Gasteiger partial charge in [-0.15, -0.1) is 0 Å². The van der Waals surface area contributed by atoms with Crippen LogP contribution in [0.15, 0.2) is 12.1 Å². The summed E-state index contributed by atoms with van der Waals surface area (Å²) in [4.78, 5) is 23.6. The van der Waals surface area contributed by atoms with E-state index in [1.165, 1.54) is 0 Å². The number of phenolic OH excluding ortho intramolecular Hbond substituents is 6. The van der Waals surface area contributed by atoms with Gasteiger partial charge in [0.05, 0.1) is 0 Å². The van der Waals surface area contributed by atoms with E-state index >= 15 is 0 Å². The van der Waals surface area contributed by atoms with E-state index in [4.69, 9.17) is 0 Å². The number of carbonyl (C=O) groups is 2. The van der Waals surface area contributed by atoms with Crippen molar-refractivity contribution in [2.24, 2.45) is 0 Å². The van der Waals surface area contributed by atoms with Crippen molar-refractivity contribution in [3.8, 4) is 45.6 Å². The molecule has 2 aromatic rings. The van der Waals surface area contributed by atoms with Gasteiger partial charge in [0.2, 0.25) is 11.5 Å². The molecule has 2 rings (SSSR count).